The molecule has 30 heavy (non-hydrogen) atoms. The van der Waals surface area contributed by atoms with Gasteiger partial charge in [0, 0.05) is 22.2 Å². The van der Waals surface area contributed by atoms with E-state index in [1.54, 1.807) is 0 Å². The van der Waals surface area contributed by atoms with Crippen molar-refractivity contribution in [2.24, 2.45) is 5.92 Å². The molecular formula is C23H25ClN4O2. The summed E-state index contributed by atoms with van der Waals surface area (Å²) >= 11 is 6.04. The minimum atomic E-state index is 0.0201. The van der Waals surface area contributed by atoms with E-state index in [-0.39, 0.29) is 11.8 Å². The number of amides is 1. The van der Waals surface area contributed by atoms with Crippen LogP contribution < -0.4 is 5.32 Å². The number of benzene rings is 2. The van der Waals surface area contributed by atoms with Gasteiger partial charge in [0.25, 0.3) is 0 Å². The number of carbonyl (C=O) groups is 1. The third-order valence-electron chi connectivity index (χ3n) is 5.51. The zero-order chi connectivity index (χ0) is 21.1. The number of nitrogens with zero attached hydrogens (tertiary/aromatic N) is 3. The second-order valence-corrected chi connectivity index (χ2v) is 8.32. The summed E-state index contributed by atoms with van der Waals surface area (Å²) in [5.74, 6) is 1.23. The minimum Gasteiger partial charge on any atom is -0.338 e. The lowest BCUT2D eigenvalue weighted by molar-refractivity contribution is -0.121. The summed E-state index contributed by atoms with van der Waals surface area (Å²) in [6.45, 7) is 6.29. The first-order chi connectivity index (χ1) is 14.5. The maximum atomic E-state index is 12.7. The molecule has 1 aromatic heterocycles. The summed E-state index contributed by atoms with van der Waals surface area (Å²) in [6, 6.07) is 13.5. The van der Waals surface area contributed by atoms with Gasteiger partial charge in [0.15, 0.2) is 0 Å². The third kappa shape index (κ3) is 4.89. The number of aryl methyl sites for hydroxylation is 2. The average Bonchev–Trinajstić information content (AvgIpc) is 3.19. The molecule has 4 rings (SSSR count). The summed E-state index contributed by atoms with van der Waals surface area (Å²) in [5, 5.41) is 7.79. The van der Waals surface area contributed by atoms with Crippen LogP contribution in [0.5, 0.6) is 0 Å². The molecule has 0 radical (unpaired) electrons. The second kappa shape index (κ2) is 8.98. The van der Waals surface area contributed by atoms with Crippen LogP contribution in [0.15, 0.2) is 47.0 Å². The van der Waals surface area contributed by atoms with Crippen LogP contribution >= 0.6 is 11.6 Å². The first kappa shape index (κ1) is 20.6. The molecule has 1 fully saturated rings. The smallest absolute Gasteiger partial charge is 0.241 e. The van der Waals surface area contributed by atoms with Gasteiger partial charge in [-0.1, -0.05) is 46.6 Å². The normalized spacial score (nSPS) is 15.3. The Morgan fingerprint density at radius 3 is 2.73 bits per heavy atom. The van der Waals surface area contributed by atoms with Crippen molar-refractivity contribution in [1.29, 1.82) is 0 Å². The van der Waals surface area contributed by atoms with Gasteiger partial charge in [-0.2, -0.15) is 4.98 Å². The minimum absolute atomic E-state index is 0.0201. The molecule has 1 aliphatic heterocycles. The van der Waals surface area contributed by atoms with Gasteiger partial charge in [-0.15, -0.1) is 0 Å². The van der Waals surface area contributed by atoms with Crippen LogP contribution in [0.25, 0.3) is 11.4 Å². The maximum absolute atomic E-state index is 12.7. The van der Waals surface area contributed by atoms with Crippen LogP contribution in [0.3, 0.4) is 0 Å². The highest BCUT2D eigenvalue weighted by atomic mass is 35.5. The number of halogens is 1. The molecule has 6 nitrogen and oxygen atoms in total. The lowest BCUT2D eigenvalue weighted by Crippen LogP contribution is -2.37. The number of piperidine rings is 1. The summed E-state index contributed by atoms with van der Waals surface area (Å²) in [6.07, 6.45) is 1.62. The van der Waals surface area contributed by atoms with Gasteiger partial charge in [-0.05, 0) is 63.5 Å². The van der Waals surface area contributed by atoms with Gasteiger partial charge in [0.2, 0.25) is 17.6 Å². The Balaban J connectivity index is 1.30. The van der Waals surface area contributed by atoms with Crippen molar-refractivity contribution in [1.82, 2.24) is 15.0 Å². The average molecular weight is 425 g/mol. The quantitative estimate of drug-likeness (QED) is 0.633. The Hall–Kier alpha value is -2.70. The van der Waals surface area contributed by atoms with E-state index >= 15 is 0 Å². The maximum Gasteiger partial charge on any atom is 0.241 e. The molecule has 1 amide bonds. The first-order valence-electron chi connectivity index (χ1n) is 10.2. The van der Waals surface area contributed by atoms with Gasteiger partial charge >= 0.3 is 0 Å². The van der Waals surface area contributed by atoms with Crippen LogP contribution in [0.4, 0.5) is 5.69 Å². The van der Waals surface area contributed by atoms with Crippen molar-refractivity contribution in [2.75, 3.05) is 18.4 Å². The third-order valence-corrected chi connectivity index (χ3v) is 5.74. The predicted molar refractivity (Wildman–Crippen MR) is 117 cm³/mol. The van der Waals surface area contributed by atoms with Gasteiger partial charge in [-0.25, -0.2) is 0 Å². The van der Waals surface area contributed by atoms with Crippen molar-refractivity contribution in [2.45, 2.75) is 33.2 Å². The molecule has 156 valence electrons. The standard InChI is InChI=1S/C23H25ClN4O2/c1-15-6-7-20(16(2)12-15)25-23(29)17-8-10-28(11-9-17)14-21-26-22(27-30-21)18-4-3-5-19(24)13-18/h3-7,12-13,17H,8-11,14H2,1-2H3,(H,25,29). The van der Waals surface area contributed by atoms with Crippen LogP contribution in [0, 0.1) is 19.8 Å². The zero-order valence-electron chi connectivity index (χ0n) is 17.2. The van der Waals surface area contributed by atoms with Crippen LogP contribution in [-0.4, -0.2) is 34.0 Å². The molecule has 3 aromatic rings. The zero-order valence-corrected chi connectivity index (χ0v) is 17.9. The second-order valence-electron chi connectivity index (χ2n) is 7.88. The van der Waals surface area contributed by atoms with Crippen molar-refractivity contribution in [3.63, 3.8) is 0 Å². The molecule has 1 saturated heterocycles. The van der Waals surface area contributed by atoms with Crippen LogP contribution in [0.1, 0.15) is 29.9 Å². The molecule has 0 atom stereocenters. The molecule has 2 heterocycles. The highest BCUT2D eigenvalue weighted by molar-refractivity contribution is 6.30. The molecule has 0 spiro atoms. The molecular weight excluding hydrogens is 400 g/mol. The van der Waals surface area contributed by atoms with Crippen molar-refractivity contribution in [3.8, 4) is 11.4 Å². The molecule has 0 unspecified atom stereocenters. The van der Waals surface area contributed by atoms with Crippen LogP contribution in [-0.2, 0) is 11.3 Å². The number of nitrogens with one attached hydrogen (secondary N) is 1. The fraction of sp³-hybridized carbons (Fsp3) is 0.348. The van der Waals surface area contributed by atoms with E-state index < -0.39 is 0 Å². The number of aromatic nitrogens is 2. The Bertz CT molecular complexity index is 1040. The van der Waals surface area contributed by atoms with Gasteiger partial charge < -0.3 is 9.84 Å². The Morgan fingerprint density at radius 1 is 1.20 bits per heavy atom. The molecule has 7 heteroatoms. The number of rotatable bonds is 5. The lowest BCUT2D eigenvalue weighted by Gasteiger charge is -2.30. The highest BCUT2D eigenvalue weighted by Crippen LogP contribution is 2.24. The van der Waals surface area contributed by atoms with E-state index in [0.717, 1.165) is 42.7 Å². The van der Waals surface area contributed by atoms with Crippen molar-refractivity contribution < 1.29 is 9.32 Å². The molecule has 0 bridgehead atoms. The largest absolute Gasteiger partial charge is 0.338 e. The van der Waals surface area contributed by atoms with Crippen molar-refractivity contribution in [3.05, 3.63) is 64.5 Å². The molecule has 1 N–H and O–H groups in total. The Labute approximate surface area is 181 Å². The molecule has 1 aliphatic rings. The molecule has 0 aliphatic carbocycles. The monoisotopic (exact) mass is 424 g/mol. The summed E-state index contributed by atoms with van der Waals surface area (Å²) in [7, 11) is 0. The summed E-state index contributed by atoms with van der Waals surface area (Å²) in [4.78, 5) is 19.4. The van der Waals surface area contributed by atoms with E-state index in [9.17, 15) is 4.79 Å². The number of anilines is 1. The number of hydrogen-bond acceptors (Lipinski definition) is 5. The fourth-order valence-corrected chi connectivity index (χ4v) is 3.99. The summed E-state index contributed by atoms with van der Waals surface area (Å²) < 4.78 is 5.41. The number of likely N-dealkylation sites (tertiary alicyclic amines) is 1. The number of hydrogen-bond donors (Lipinski definition) is 1. The van der Waals surface area contributed by atoms with Crippen LogP contribution in [0.2, 0.25) is 5.02 Å². The van der Waals surface area contributed by atoms with E-state index in [0.29, 0.717) is 23.3 Å². The Kier molecular flexibility index (Phi) is 6.16. The SMILES string of the molecule is Cc1ccc(NC(=O)C2CCN(Cc3nc(-c4cccc(Cl)c4)no3)CC2)c(C)c1. The fourth-order valence-electron chi connectivity index (χ4n) is 3.80. The predicted octanol–water partition coefficient (Wildman–Crippen LogP) is 4.86. The van der Waals surface area contributed by atoms with E-state index in [1.807, 2.05) is 43.3 Å². The summed E-state index contributed by atoms with van der Waals surface area (Å²) in [5.41, 5.74) is 4.01. The molecule has 2 aromatic carbocycles. The first-order valence-corrected chi connectivity index (χ1v) is 10.5. The number of carbonyl (C=O) groups excluding carboxylic acids is 1. The van der Waals surface area contributed by atoms with E-state index in [1.165, 1.54) is 5.56 Å². The van der Waals surface area contributed by atoms with Gasteiger partial charge in [-0.3, -0.25) is 9.69 Å². The Morgan fingerprint density at radius 2 is 2.00 bits per heavy atom. The van der Waals surface area contributed by atoms with Gasteiger partial charge in [0.05, 0.1) is 6.54 Å². The highest BCUT2D eigenvalue weighted by Gasteiger charge is 2.26. The van der Waals surface area contributed by atoms with Crippen molar-refractivity contribution >= 4 is 23.2 Å². The lowest BCUT2D eigenvalue weighted by atomic mass is 9.95. The van der Waals surface area contributed by atoms with E-state index in [4.69, 9.17) is 16.1 Å². The molecule has 0 saturated carbocycles. The van der Waals surface area contributed by atoms with E-state index in [2.05, 4.69) is 33.3 Å². The topological polar surface area (TPSA) is 71.3 Å². The van der Waals surface area contributed by atoms with Gasteiger partial charge in [0.1, 0.15) is 0 Å².